The summed E-state index contributed by atoms with van der Waals surface area (Å²) in [6.07, 6.45) is 2.36. The molecule has 106 valence electrons. The summed E-state index contributed by atoms with van der Waals surface area (Å²) < 4.78 is 0. The van der Waals surface area contributed by atoms with Crippen molar-refractivity contribution in [3.8, 4) is 0 Å². The summed E-state index contributed by atoms with van der Waals surface area (Å²) in [4.78, 5) is 26.4. The quantitative estimate of drug-likeness (QED) is 0.881. The van der Waals surface area contributed by atoms with Gasteiger partial charge in [-0.3, -0.25) is 9.59 Å². The second kappa shape index (κ2) is 4.93. The van der Waals surface area contributed by atoms with E-state index in [4.69, 9.17) is 0 Å². The van der Waals surface area contributed by atoms with Gasteiger partial charge in [-0.05, 0) is 37.3 Å². The molecule has 1 fully saturated rings. The van der Waals surface area contributed by atoms with Gasteiger partial charge >= 0.3 is 0 Å². The second-order valence-electron chi connectivity index (χ2n) is 5.72. The first-order chi connectivity index (χ1) is 9.61. The van der Waals surface area contributed by atoms with Gasteiger partial charge < -0.3 is 10.2 Å². The van der Waals surface area contributed by atoms with Gasteiger partial charge in [0.15, 0.2) is 0 Å². The fourth-order valence-electron chi connectivity index (χ4n) is 3.36. The highest BCUT2D eigenvalue weighted by molar-refractivity contribution is 5.97. The molecule has 0 bridgehead atoms. The van der Waals surface area contributed by atoms with E-state index in [1.807, 2.05) is 30.9 Å². The van der Waals surface area contributed by atoms with Crippen LogP contribution in [0, 0.1) is 0 Å². The molecule has 1 aromatic carbocycles. The van der Waals surface area contributed by atoms with Crippen LogP contribution in [0.2, 0.25) is 0 Å². The topological polar surface area (TPSA) is 49.4 Å². The van der Waals surface area contributed by atoms with Crippen molar-refractivity contribution in [3.05, 3.63) is 35.4 Å². The normalized spacial score (nSPS) is 26.6. The van der Waals surface area contributed by atoms with Crippen molar-refractivity contribution < 1.29 is 9.59 Å². The van der Waals surface area contributed by atoms with Crippen molar-refractivity contribution in [1.82, 2.24) is 10.2 Å². The van der Waals surface area contributed by atoms with Crippen LogP contribution < -0.4 is 5.32 Å². The van der Waals surface area contributed by atoms with Gasteiger partial charge in [0.1, 0.15) is 12.1 Å². The molecule has 4 nitrogen and oxygen atoms in total. The van der Waals surface area contributed by atoms with Crippen LogP contribution in [0.4, 0.5) is 0 Å². The molecule has 1 saturated heterocycles. The number of nitrogens with one attached hydrogen (secondary N) is 1. The highest BCUT2D eigenvalue weighted by atomic mass is 16.2. The molecule has 0 saturated carbocycles. The minimum absolute atomic E-state index is 0.0348. The van der Waals surface area contributed by atoms with Crippen LogP contribution >= 0.6 is 0 Å². The standard InChI is InChI=1S/C16H20N2O2/c1-3-14-16(20)18(10(2)15(19)17-14)13-8-11-6-4-5-7-12(11)9-13/h4-7,10,13-14H,3,8-9H2,1-2H3,(H,17,19). The molecule has 1 aliphatic heterocycles. The van der Waals surface area contributed by atoms with Crippen LogP contribution in [-0.2, 0) is 22.4 Å². The predicted octanol–water partition coefficient (Wildman–Crippen LogP) is 1.28. The average molecular weight is 272 g/mol. The molecule has 4 heteroatoms. The average Bonchev–Trinajstić information content (AvgIpc) is 2.86. The van der Waals surface area contributed by atoms with Crippen molar-refractivity contribution in [1.29, 1.82) is 0 Å². The zero-order chi connectivity index (χ0) is 14.3. The van der Waals surface area contributed by atoms with E-state index >= 15 is 0 Å². The molecule has 1 aliphatic carbocycles. The van der Waals surface area contributed by atoms with E-state index in [9.17, 15) is 9.59 Å². The molecule has 0 aromatic heterocycles. The molecule has 2 atom stereocenters. The summed E-state index contributed by atoms with van der Waals surface area (Å²) in [5.41, 5.74) is 2.60. The number of amides is 2. The number of piperazine rings is 1. The Bertz CT molecular complexity index is 530. The molecule has 2 unspecified atom stereocenters. The van der Waals surface area contributed by atoms with Crippen molar-refractivity contribution in [2.75, 3.05) is 0 Å². The van der Waals surface area contributed by atoms with E-state index < -0.39 is 0 Å². The van der Waals surface area contributed by atoms with Gasteiger partial charge in [-0.1, -0.05) is 31.2 Å². The Balaban J connectivity index is 1.86. The highest BCUT2D eigenvalue weighted by Crippen LogP contribution is 2.28. The van der Waals surface area contributed by atoms with Crippen LogP contribution in [-0.4, -0.2) is 34.8 Å². The monoisotopic (exact) mass is 272 g/mol. The first-order valence-electron chi connectivity index (χ1n) is 7.31. The van der Waals surface area contributed by atoms with Gasteiger partial charge in [0.2, 0.25) is 11.8 Å². The maximum absolute atomic E-state index is 12.6. The lowest BCUT2D eigenvalue weighted by Crippen LogP contribution is -2.64. The fourth-order valence-corrected chi connectivity index (χ4v) is 3.36. The van der Waals surface area contributed by atoms with E-state index in [1.54, 1.807) is 0 Å². The molecule has 0 spiro atoms. The number of carbonyl (C=O) groups excluding carboxylic acids is 2. The minimum atomic E-state index is -0.371. The van der Waals surface area contributed by atoms with E-state index in [1.165, 1.54) is 11.1 Å². The smallest absolute Gasteiger partial charge is 0.246 e. The molecule has 2 amide bonds. The van der Waals surface area contributed by atoms with Crippen molar-refractivity contribution in [2.24, 2.45) is 0 Å². The largest absolute Gasteiger partial charge is 0.343 e. The molecule has 2 aliphatic rings. The molecule has 1 N–H and O–H groups in total. The molecule has 0 radical (unpaired) electrons. The van der Waals surface area contributed by atoms with E-state index in [2.05, 4.69) is 17.4 Å². The second-order valence-corrected chi connectivity index (χ2v) is 5.72. The molecule has 20 heavy (non-hydrogen) atoms. The maximum atomic E-state index is 12.6. The maximum Gasteiger partial charge on any atom is 0.246 e. The predicted molar refractivity (Wildman–Crippen MR) is 76.2 cm³/mol. The Kier molecular flexibility index (Phi) is 3.24. The van der Waals surface area contributed by atoms with Gasteiger partial charge in [-0.15, -0.1) is 0 Å². The van der Waals surface area contributed by atoms with Gasteiger partial charge in [0.25, 0.3) is 0 Å². The first kappa shape index (κ1) is 13.2. The summed E-state index contributed by atoms with van der Waals surface area (Å²) in [7, 11) is 0. The van der Waals surface area contributed by atoms with Crippen LogP contribution in [0.15, 0.2) is 24.3 Å². The summed E-state index contributed by atoms with van der Waals surface area (Å²) in [6.45, 7) is 3.75. The Morgan fingerprint density at radius 1 is 1.20 bits per heavy atom. The molecular formula is C16H20N2O2. The van der Waals surface area contributed by atoms with Crippen LogP contribution in [0.1, 0.15) is 31.4 Å². The Hall–Kier alpha value is -1.84. The summed E-state index contributed by atoms with van der Waals surface area (Å²) in [5.74, 6) is 0.0322. The summed E-state index contributed by atoms with van der Waals surface area (Å²) in [5, 5.41) is 2.81. The lowest BCUT2D eigenvalue weighted by molar-refractivity contribution is -0.151. The van der Waals surface area contributed by atoms with E-state index in [0.29, 0.717) is 6.42 Å². The Morgan fingerprint density at radius 3 is 2.35 bits per heavy atom. The first-order valence-corrected chi connectivity index (χ1v) is 7.31. The summed E-state index contributed by atoms with van der Waals surface area (Å²) in [6, 6.07) is 7.69. The molecule has 1 aromatic rings. The molecule has 1 heterocycles. The van der Waals surface area contributed by atoms with Gasteiger partial charge in [0, 0.05) is 6.04 Å². The number of fused-ring (bicyclic) bond motifs is 1. The van der Waals surface area contributed by atoms with Gasteiger partial charge in [0.05, 0.1) is 0 Å². The summed E-state index contributed by atoms with van der Waals surface area (Å²) >= 11 is 0. The van der Waals surface area contributed by atoms with Gasteiger partial charge in [-0.25, -0.2) is 0 Å². The number of carbonyl (C=O) groups is 2. The number of hydrogen-bond donors (Lipinski definition) is 1. The molecular weight excluding hydrogens is 252 g/mol. The van der Waals surface area contributed by atoms with Gasteiger partial charge in [-0.2, -0.15) is 0 Å². The minimum Gasteiger partial charge on any atom is -0.343 e. The van der Waals surface area contributed by atoms with E-state index in [-0.39, 0.29) is 29.9 Å². The number of hydrogen-bond acceptors (Lipinski definition) is 2. The third-order valence-electron chi connectivity index (χ3n) is 4.50. The van der Waals surface area contributed by atoms with Crippen LogP contribution in [0.3, 0.4) is 0 Å². The third-order valence-corrected chi connectivity index (χ3v) is 4.50. The highest BCUT2D eigenvalue weighted by Gasteiger charge is 2.42. The Labute approximate surface area is 119 Å². The zero-order valence-corrected chi connectivity index (χ0v) is 11.9. The third kappa shape index (κ3) is 1.99. The van der Waals surface area contributed by atoms with Crippen molar-refractivity contribution >= 4 is 11.8 Å². The zero-order valence-electron chi connectivity index (χ0n) is 11.9. The Morgan fingerprint density at radius 2 is 1.80 bits per heavy atom. The molecule has 3 rings (SSSR count). The fraction of sp³-hybridized carbons (Fsp3) is 0.500. The lowest BCUT2D eigenvalue weighted by atomic mass is 10.0. The van der Waals surface area contributed by atoms with Crippen LogP contribution in [0.5, 0.6) is 0 Å². The lowest BCUT2D eigenvalue weighted by Gasteiger charge is -2.40. The number of nitrogens with zero attached hydrogens (tertiary/aromatic N) is 1. The van der Waals surface area contributed by atoms with Crippen LogP contribution in [0.25, 0.3) is 0 Å². The van der Waals surface area contributed by atoms with E-state index in [0.717, 1.165) is 12.8 Å². The number of benzene rings is 1. The SMILES string of the molecule is CCC1NC(=O)C(C)N(C2Cc3ccccc3C2)C1=O. The number of rotatable bonds is 2. The van der Waals surface area contributed by atoms with Crippen molar-refractivity contribution in [3.63, 3.8) is 0 Å². The van der Waals surface area contributed by atoms with Crippen molar-refractivity contribution in [2.45, 2.75) is 51.2 Å².